The number of benzene rings is 1. The van der Waals surface area contributed by atoms with Crippen LogP contribution >= 0.6 is 11.6 Å². The van der Waals surface area contributed by atoms with Crippen LogP contribution in [0, 0.1) is 0 Å². The van der Waals surface area contributed by atoms with Crippen molar-refractivity contribution in [2.45, 2.75) is 18.0 Å². The van der Waals surface area contributed by atoms with Gasteiger partial charge in [0.05, 0.1) is 19.6 Å². The van der Waals surface area contributed by atoms with Gasteiger partial charge in [0.25, 0.3) is 0 Å². The smallest absolute Gasteiger partial charge is 0.411 e. The van der Waals surface area contributed by atoms with Crippen LogP contribution in [0.25, 0.3) is 0 Å². The fourth-order valence-electron chi connectivity index (χ4n) is 1.61. The van der Waals surface area contributed by atoms with Gasteiger partial charge in [0, 0.05) is 18.2 Å². The molecule has 0 aliphatic carbocycles. The number of rotatable bonds is 7. The van der Waals surface area contributed by atoms with E-state index >= 15 is 0 Å². The highest BCUT2D eigenvalue weighted by molar-refractivity contribution is 6.21. The second-order valence-corrected chi connectivity index (χ2v) is 4.56. The first-order valence-electron chi connectivity index (χ1n) is 5.88. The normalized spacial score (nSPS) is 13.1. The highest BCUT2D eigenvalue weighted by Gasteiger charge is 2.27. The van der Waals surface area contributed by atoms with Crippen molar-refractivity contribution >= 4 is 11.6 Å². The molecule has 0 N–H and O–H groups in total. The lowest BCUT2D eigenvalue weighted by Gasteiger charge is -2.15. The summed E-state index contributed by atoms with van der Waals surface area (Å²) < 4.78 is 50.5. The van der Waals surface area contributed by atoms with Gasteiger partial charge in [-0.1, -0.05) is 6.07 Å². The van der Waals surface area contributed by atoms with Gasteiger partial charge in [0.1, 0.15) is 18.1 Å². The van der Waals surface area contributed by atoms with Gasteiger partial charge < -0.3 is 14.2 Å². The number of alkyl halides is 4. The third-order valence-corrected chi connectivity index (χ3v) is 3.01. The van der Waals surface area contributed by atoms with Crippen LogP contribution in [0.15, 0.2) is 18.2 Å². The second kappa shape index (κ2) is 7.59. The van der Waals surface area contributed by atoms with Gasteiger partial charge in [-0.25, -0.2) is 0 Å². The van der Waals surface area contributed by atoms with Crippen LogP contribution in [-0.2, 0) is 4.74 Å². The molecular formula is C13H16ClF3O3. The molecular weight excluding hydrogens is 297 g/mol. The molecule has 1 aromatic carbocycles. The monoisotopic (exact) mass is 312 g/mol. The summed E-state index contributed by atoms with van der Waals surface area (Å²) in [6.07, 6.45) is -4.07. The van der Waals surface area contributed by atoms with E-state index < -0.39 is 18.2 Å². The molecule has 0 amide bonds. The first kappa shape index (κ1) is 16.9. The van der Waals surface area contributed by atoms with Crippen LogP contribution in [0.5, 0.6) is 11.5 Å². The van der Waals surface area contributed by atoms with Gasteiger partial charge in [-0.15, -0.1) is 11.6 Å². The lowest BCUT2D eigenvalue weighted by Crippen LogP contribution is -2.17. The molecule has 0 aromatic heterocycles. The van der Waals surface area contributed by atoms with E-state index in [0.29, 0.717) is 17.1 Å². The lowest BCUT2D eigenvalue weighted by atomic mass is 10.1. The summed E-state index contributed by atoms with van der Waals surface area (Å²) >= 11 is 6.15. The zero-order chi connectivity index (χ0) is 15.2. The van der Waals surface area contributed by atoms with E-state index in [2.05, 4.69) is 4.74 Å². The van der Waals surface area contributed by atoms with Crippen LogP contribution < -0.4 is 9.47 Å². The minimum atomic E-state index is -4.32. The van der Waals surface area contributed by atoms with E-state index in [1.165, 1.54) is 14.2 Å². The van der Waals surface area contributed by atoms with Gasteiger partial charge in [-0.05, 0) is 12.5 Å². The number of halogens is 4. The maximum Gasteiger partial charge on any atom is 0.411 e. The summed E-state index contributed by atoms with van der Waals surface area (Å²) in [6, 6.07) is 5.10. The van der Waals surface area contributed by atoms with Crippen molar-refractivity contribution in [1.29, 1.82) is 0 Å². The molecule has 20 heavy (non-hydrogen) atoms. The van der Waals surface area contributed by atoms with Crippen molar-refractivity contribution in [2.24, 2.45) is 0 Å². The Bertz CT molecular complexity index is 424. The first-order valence-corrected chi connectivity index (χ1v) is 6.31. The summed E-state index contributed by atoms with van der Waals surface area (Å²) in [5, 5.41) is -0.496. The van der Waals surface area contributed by atoms with Gasteiger partial charge >= 0.3 is 6.18 Å². The zero-order valence-electron chi connectivity index (χ0n) is 11.2. The van der Waals surface area contributed by atoms with Crippen molar-refractivity contribution < 1.29 is 27.4 Å². The van der Waals surface area contributed by atoms with Crippen molar-refractivity contribution in [3.8, 4) is 11.5 Å². The van der Waals surface area contributed by atoms with E-state index in [1.54, 1.807) is 18.2 Å². The molecule has 0 aliphatic heterocycles. The Labute approximate surface area is 120 Å². The third kappa shape index (κ3) is 5.46. The molecule has 0 fully saturated rings. The Kier molecular flexibility index (Phi) is 6.42. The van der Waals surface area contributed by atoms with Gasteiger partial charge in [0.2, 0.25) is 0 Å². The van der Waals surface area contributed by atoms with E-state index in [-0.39, 0.29) is 13.0 Å². The second-order valence-electron chi connectivity index (χ2n) is 4.03. The van der Waals surface area contributed by atoms with Crippen molar-refractivity contribution in [3.63, 3.8) is 0 Å². The average Bonchev–Trinajstić information content (AvgIpc) is 2.41. The molecule has 7 heteroatoms. The van der Waals surface area contributed by atoms with Crippen molar-refractivity contribution in [3.05, 3.63) is 23.8 Å². The maximum atomic E-state index is 11.9. The Hall–Kier alpha value is -1.14. The minimum absolute atomic E-state index is 0.0805. The average molecular weight is 313 g/mol. The Morgan fingerprint density at radius 3 is 2.45 bits per heavy atom. The predicted molar refractivity (Wildman–Crippen MR) is 69.6 cm³/mol. The Balaban J connectivity index is 2.56. The van der Waals surface area contributed by atoms with Crippen LogP contribution in [0.2, 0.25) is 0 Å². The molecule has 1 rings (SSSR count). The molecule has 1 atom stereocenters. The van der Waals surface area contributed by atoms with Crippen LogP contribution in [0.3, 0.4) is 0 Å². The van der Waals surface area contributed by atoms with Crippen LogP contribution in [0.4, 0.5) is 13.2 Å². The highest BCUT2D eigenvalue weighted by atomic mass is 35.5. The molecule has 0 spiro atoms. The van der Waals surface area contributed by atoms with Gasteiger partial charge in [-0.3, -0.25) is 0 Å². The van der Waals surface area contributed by atoms with Gasteiger partial charge in [-0.2, -0.15) is 13.2 Å². The third-order valence-electron chi connectivity index (χ3n) is 2.56. The molecule has 1 aromatic rings. The minimum Gasteiger partial charge on any atom is -0.497 e. The molecule has 0 saturated heterocycles. The summed E-state index contributed by atoms with van der Waals surface area (Å²) in [5.74, 6) is 1.14. The molecule has 114 valence electrons. The molecule has 0 aliphatic rings. The molecule has 3 nitrogen and oxygen atoms in total. The number of methoxy groups -OCH3 is 2. The number of hydrogen-bond acceptors (Lipinski definition) is 3. The summed E-state index contributed by atoms with van der Waals surface area (Å²) in [5.41, 5.74) is 0.686. The highest BCUT2D eigenvalue weighted by Crippen LogP contribution is 2.34. The van der Waals surface area contributed by atoms with E-state index in [0.717, 1.165) is 0 Å². The molecule has 0 heterocycles. The fourth-order valence-corrected chi connectivity index (χ4v) is 1.88. The van der Waals surface area contributed by atoms with Crippen molar-refractivity contribution in [2.75, 3.05) is 27.4 Å². The summed E-state index contributed by atoms with van der Waals surface area (Å²) in [7, 11) is 3.01. The zero-order valence-corrected chi connectivity index (χ0v) is 11.9. The first-order chi connectivity index (χ1) is 9.37. The van der Waals surface area contributed by atoms with Crippen molar-refractivity contribution in [1.82, 2.24) is 0 Å². The maximum absolute atomic E-state index is 11.9. The van der Waals surface area contributed by atoms with E-state index in [4.69, 9.17) is 21.1 Å². The standard InChI is InChI=1S/C13H16ClF3O3/c1-18-9-3-4-10(12(7-9)19-2)11(14)5-6-20-8-13(15,16)17/h3-4,7,11H,5-6,8H2,1-2H3. The largest absolute Gasteiger partial charge is 0.497 e. The van der Waals surface area contributed by atoms with E-state index in [9.17, 15) is 13.2 Å². The van der Waals surface area contributed by atoms with Gasteiger partial charge in [0.15, 0.2) is 0 Å². The molecule has 0 bridgehead atoms. The van der Waals surface area contributed by atoms with E-state index in [1.807, 2.05) is 0 Å². The topological polar surface area (TPSA) is 27.7 Å². The number of ether oxygens (including phenoxy) is 3. The van der Waals surface area contributed by atoms with Crippen LogP contribution in [0.1, 0.15) is 17.4 Å². The SMILES string of the molecule is COc1ccc(C(Cl)CCOCC(F)(F)F)c(OC)c1. The molecule has 0 saturated carbocycles. The fraction of sp³-hybridized carbons (Fsp3) is 0.538. The predicted octanol–water partition coefficient (Wildman–Crippen LogP) is 3.95. The Morgan fingerprint density at radius 2 is 1.90 bits per heavy atom. The summed E-state index contributed by atoms with van der Waals surface area (Å²) in [4.78, 5) is 0. The Morgan fingerprint density at radius 1 is 1.20 bits per heavy atom. The van der Waals surface area contributed by atoms with Crippen LogP contribution in [-0.4, -0.2) is 33.6 Å². The lowest BCUT2D eigenvalue weighted by molar-refractivity contribution is -0.174. The molecule has 0 radical (unpaired) electrons. The summed E-state index contributed by atoms with van der Waals surface area (Å²) in [6.45, 7) is -1.35. The molecule has 1 unspecified atom stereocenters. The quantitative estimate of drug-likeness (QED) is 0.563. The number of hydrogen-bond donors (Lipinski definition) is 0.